The minimum atomic E-state index is 0.713. The van der Waals surface area contributed by atoms with Crippen LogP contribution in [0, 0.1) is 5.92 Å². The van der Waals surface area contributed by atoms with Gasteiger partial charge in [-0.05, 0) is 25.1 Å². The number of hydrogen-bond donors (Lipinski definition) is 1. The van der Waals surface area contributed by atoms with Gasteiger partial charge in [0.25, 0.3) is 0 Å². The number of nitrogens with one attached hydrogen (secondary N) is 1. The van der Waals surface area contributed by atoms with E-state index in [2.05, 4.69) is 32.3 Å². The van der Waals surface area contributed by atoms with Gasteiger partial charge >= 0.3 is 0 Å². The summed E-state index contributed by atoms with van der Waals surface area (Å²) in [4.78, 5) is 0. The molecule has 0 radical (unpaired) electrons. The molecule has 0 aromatic heterocycles. The minimum Gasteiger partial charge on any atom is -0.313 e. The zero-order chi connectivity index (χ0) is 9.40. The van der Waals surface area contributed by atoms with Crippen LogP contribution in [0.5, 0.6) is 0 Å². The maximum atomic E-state index is 3.60. The molecule has 12 heavy (non-hydrogen) atoms. The predicted octanol–water partition coefficient (Wildman–Crippen LogP) is 2.76. The maximum absolute atomic E-state index is 3.60. The Bertz CT molecular complexity index is 95.8. The molecule has 2 atom stereocenters. The van der Waals surface area contributed by atoms with Crippen LogP contribution in [0.3, 0.4) is 0 Å². The van der Waals surface area contributed by atoms with Gasteiger partial charge in [-0.25, -0.2) is 0 Å². The van der Waals surface area contributed by atoms with E-state index in [0.29, 0.717) is 6.04 Å². The highest BCUT2D eigenvalue weighted by molar-refractivity contribution is 7.98. The first-order valence-corrected chi connectivity index (χ1v) is 6.37. The molecule has 0 aromatic carbocycles. The fourth-order valence-corrected chi connectivity index (χ4v) is 2.02. The second-order valence-corrected chi connectivity index (χ2v) is 4.31. The smallest absolute Gasteiger partial charge is 0.0183 e. The van der Waals surface area contributed by atoms with Gasteiger partial charge in [-0.1, -0.05) is 27.2 Å². The second-order valence-electron chi connectivity index (χ2n) is 3.40. The molecular weight excluding hydrogens is 166 g/mol. The lowest BCUT2D eigenvalue weighted by Gasteiger charge is -2.23. The highest BCUT2D eigenvalue weighted by Crippen LogP contribution is 2.11. The lowest BCUT2D eigenvalue weighted by molar-refractivity contribution is 0.397. The molecule has 74 valence electrons. The van der Waals surface area contributed by atoms with Crippen LogP contribution in [-0.2, 0) is 0 Å². The molecule has 0 amide bonds. The Labute approximate surface area is 81.7 Å². The molecule has 0 rings (SSSR count). The lowest BCUT2D eigenvalue weighted by Crippen LogP contribution is -2.37. The lowest BCUT2D eigenvalue weighted by atomic mass is 10.0. The van der Waals surface area contributed by atoms with E-state index in [9.17, 15) is 0 Å². The Morgan fingerprint density at radius 1 is 1.33 bits per heavy atom. The monoisotopic (exact) mass is 189 g/mol. The van der Waals surface area contributed by atoms with Gasteiger partial charge in [-0.15, -0.1) is 0 Å². The molecule has 2 heteroatoms. The van der Waals surface area contributed by atoms with Crippen molar-refractivity contribution in [1.29, 1.82) is 0 Å². The van der Waals surface area contributed by atoms with E-state index >= 15 is 0 Å². The van der Waals surface area contributed by atoms with Crippen LogP contribution in [-0.4, -0.2) is 24.6 Å². The van der Waals surface area contributed by atoms with Crippen molar-refractivity contribution in [2.24, 2.45) is 5.92 Å². The van der Waals surface area contributed by atoms with Crippen LogP contribution in [0.4, 0.5) is 0 Å². The third-order valence-corrected chi connectivity index (χ3v) is 3.03. The van der Waals surface area contributed by atoms with Crippen LogP contribution < -0.4 is 5.32 Å². The summed E-state index contributed by atoms with van der Waals surface area (Å²) in [6, 6.07) is 0.713. The summed E-state index contributed by atoms with van der Waals surface area (Å²) in [5.41, 5.74) is 0. The molecule has 0 bridgehead atoms. The van der Waals surface area contributed by atoms with Crippen molar-refractivity contribution in [3.05, 3.63) is 0 Å². The summed E-state index contributed by atoms with van der Waals surface area (Å²) in [5.74, 6) is 2.05. The summed E-state index contributed by atoms with van der Waals surface area (Å²) in [5, 5.41) is 3.60. The molecule has 0 fully saturated rings. The summed E-state index contributed by atoms with van der Waals surface area (Å²) < 4.78 is 0. The van der Waals surface area contributed by atoms with Gasteiger partial charge < -0.3 is 5.32 Å². The van der Waals surface area contributed by atoms with Gasteiger partial charge in [0, 0.05) is 11.8 Å². The van der Waals surface area contributed by atoms with E-state index < -0.39 is 0 Å². The van der Waals surface area contributed by atoms with Crippen LogP contribution in [0.1, 0.15) is 33.6 Å². The standard InChI is InChI=1S/C10H23NS/c1-5-7-11-10(8-12-4)9(3)6-2/h9-11H,5-8H2,1-4H3. The molecule has 0 spiro atoms. The van der Waals surface area contributed by atoms with E-state index in [4.69, 9.17) is 0 Å². The number of hydrogen-bond acceptors (Lipinski definition) is 2. The van der Waals surface area contributed by atoms with E-state index in [1.54, 1.807) is 0 Å². The molecular formula is C10H23NS. The first-order valence-electron chi connectivity index (χ1n) is 4.98. The van der Waals surface area contributed by atoms with Crippen molar-refractivity contribution in [3.63, 3.8) is 0 Å². The Hall–Kier alpha value is 0.310. The van der Waals surface area contributed by atoms with E-state index in [0.717, 1.165) is 12.5 Å². The van der Waals surface area contributed by atoms with Crippen molar-refractivity contribution < 1.29 is 0 Å². The first kappa shape index (κ1) is 12.3. The second kappa shape index (κ2) is 7.93. The average molecular weight is 189 g/mol. The van der Waals surface area contributed by atoms with E-state index in [1.807, 2.05) is 11.8 Å². The molecule has 2 unspecified atom stereocenters. The fourth-order valence-electron chi connectivity index (χ4n) is 1.22. The van der Waals surface area contributed by atoms with Crippen molar-refractivity contribution in [1.82, 2.24) is 5.32 Å². The maximum Gasteiger partial charge on any atom is 0.0183 e. The van der Waals surface area contributed by atoms with E-state index in [1.165, 1.54) is 18.6 Å². The zero-order valence-corrected chi connectivity index (χ0v) is 9.71. The first-order chi connectivity index (χ1) is 5.76. The topological polar surface area (TPSA) is 12.0 Å². The van der Waals surface area contributed by atoms with Crippen molar-refractivity contribution in [3.8, 4) is 0 Å². The molecule has 1 N–H and O–H groups in total. The van der Waals surface area contributed by atoms with Crippen molar-refractivity contribution in [2.45, 2.75) is 39.7 Å². The van der Waals surface area contributed by atoms with Crippen LogP contribution in [0.15, 0.2) is 0 Å². The fraction of sp³-hybridized carbons (Fsp3) is 1.00. The third kappa shape index (κ3) is 5.04. The van der Waals surface area contributed by atoms with Gasteiger partial charge in [0.2, 0.25) is 0 Å². The van der Waals surface area contributed by atoms with Crippen LogP contribution >= 0.6 is 11.8 Å². The Morgan fingerprint density at radius 2 is 2.00 bits per heavy atom. The molecule has 0 heterocycles. The summed E-state index contributed by atoms with van der Waals surface area (Å²) in [6.45, 7) is 7.99. The number of rotatable bonds is 7. The Kier molecular flexibility index (Phi) is 8.14. The number of thioether (sulfide) groups is 1. The SMILES string of the molecule is CCCNC(CSC)C(C)CC. The highest BCUT2D eigenvalue weighted by atomic mass is 32.2. The largest absolute Gasteiger partial charge is 0.313 e. The highest BCUT2D eigenvalue weighted by Gasteiger charge is 2.13. The van der Waals surface area contributed by atoms with E-state index in [-0.39, 0.29) is 0 Å². The summed E-state index contributed by atoms with van der Waals surface area (Å²) in [7, 11) is 0. The normalized spacial score (nSPS) is 16.0. The Balaban J connectivity index is 3.68. The molecule has 0 saturated carbocycles. The Morgan fingerprint density at radius 3 is 2.42 bits per heavy atom. The summed E-state index contributed by atoms with van der Waals surface area (Å²) >= 11 is 1.94. The predicted molar refractivity (Wildman–Crippen MR) is 59.9 cm³/mol. The van der Waals surface area contributed by atoms with Gasteiger partial charge in [0.05, 0.1) is 0 Å². The zero-order valence-electron chi connectivity index (χ0n) is 8.89. The molecule has 0 aliphatic rings. The molecule has 0 saturated heterocycles. The van der Waals surface area contributed by atoms with Gasteiger partial charge in [-0.3, -0.25) is 0 Å². The molecule has 0 aromatic rings. The summed E-state index contributed by atoms with van der Waals surface area (Å²) in [6.07, 6.45) is 4.70. The quantitative estimate of drug-likeness (QED) is 0.661. The molecule has 1 nitrogen and oxygen atoms in total. The van der Waals surface area contributed by atoms with Crippen molar-refractivity contribution in [2.75, 3.05) is 18.6 Å². The van der Waals surface area contributed by atoms with Crippen molar-refractivity contribution >= 4 is 11.8 Å². The van der Waals surface area contributed by atoms with Gasteiger partial charge in [0.15, 0.2) is 0 Å². The third-order valence-electron chi connectivity index (χ3n) is 2.33. The molecule has 0 aliphatic carbocycles. The van der Waals surface area contributed by atoms with Gasteiger partial charge in [-0.2, -0.15) is 11.8 Å². The molecule has 0 aliphatic heterocycles. The van der Waals surface area contributed by atoms with Crippen LogP contribution in [0.2, 0.25) is 0 Å². The minimum absolute atomic E-state index is 0.713. The van der Waals surface area contributed by atoms with Crippen LogP contribution in [0.25, 0.3) is 0 Å². The average Bonchev–Trinajstić information content (AvgIpc) is 2.11. The van der Waals surface area contributed by atoms with Gasteiger partial charge in [0.1, 0.15) is 0 Å².